The van der Waals surface area contributed by atoms with Crippen LogP contribution in [0.25, 0.3) is 0 Å². The van der Waals surface area contributed by atoms with Crippen LogP contribution in [-0.2, 0) is 0 Å². The first-order chi connectivity index (χ1) is 16.2. The lowest BCUT2D eigenvalue weighted by atomic mass is 10.3. The van der Waals surface area contributed by atoms with Gasteiger partial charge in [0.15, 0.2) is 0 Å². The van der Waals surface area contributed by atoms with E-state index in [-0.39, 0.29) is 21.2 Å². The summed E-state index contributed by atoms with van der Waals surface area (Å²) in [5.74, 6) is 1.83. The van der Waals surface area contributed by atoms with E-state index in [4.69, 9.17) is 24.8 Å². The van der Waals surface area contributed by atoms with Gasteiger partial charge in [0.25, 0.3) is 0 Å². The summed E-state index contributed by atoms with van der Waals surface area (Å²) in [5.41, 5.74) is 0. The molecule has 33 heavy (non-hydrogen) atoms. The van der Waals surface area contributed by atoms with E-state index >= 15 is 0 Å². The fraction of sp³-hybridized carbons (Fsp3) is 0.500. The second-order valence-corrected chi connectivity index (χ2v) is 8.05. The Labute approximate surface area is 216 Å². The fourth-order valence-electron chi connectivity index (χ4n) is 2.36. The number of benzene rings is 2. The number of aliphatic hydroxyl groups is 3. The summed E-state index contributed by atoms with van der Waals surface area (Å²) >= 11 is 6.67. The van der Waals surface area contributed by atoms with Crippen molar-refractivity contribution in [3.8, 4) is 11.5 Å². The number of hydrogen-bond donors (Lipinski definition) is 4. The molecule has 2 aromatic carbocycles. The molecule has 0 aromatic heterocycles. The number of halogens is 2. The predicted octanol–water partition coefficient (Wildman–Crippen LogP) is 3.02. The molecule has 0 unspecified atom stereocenters. The van der Waals surface area contributed by atoms with E-state index in [9.17, 15) is 0 Å². The molecule has 0 radical (unpaired) electrons. The lowest BCUT2D eigenvalue weighted by Crippen LogP contribution is -2.32. The molecular formula is C24H40Br2N2O5. The molecule has 190 valence electrons. The van der Waals surface area contributed by atoms with Crippen LogP contribution in [0.4, 0.5) is 0 Å². The Morgan fingerprint density at radius 1 is 0.667 bits per heavy atom. The topological polar surface area (TPSA) is 94.4 Å². The van der Waals surface area contributed by atoms with E-state index < -0.39 is 0 Å². The van der Waals surface area contributed by atoms with Crippen LogP contribution in [0.5, 0.6) is 11.5 Å². The molecule has 0 amide bonds. The van der Waals surface area contributed by atoms with Crippen LogP contribution in [0.1, 0.15) is 1.43 Å². The van der Waals surface area contributed by atoms with Crippen molar-refractivity contribution in [1.29, 1.82) is 0 Å². The van der Waals surface area contributed by atoms with E-state index in [0.29, 0.717) is 26.2 Å². The molecular weight excluding hydrogens is 556 g/mol. The zero-order valence-electron chi connectivity index (χ0n) is 19.1. The summed E-state index contributed by atoms with van der Waals surface area (Å²) in [6, 6.07) is 19.6. The van der Waals surface area contributed by atoms with Crippen molar-refractivity contribution < 1.29 is 26.2 Å². The number of alkyl halides is 2. The van der Waals surface area contributed by atoms with Crippen LogP contribution in [0.15, 0.2) is 60.7 Å². The number of para-hydroxylation sites is 2. The van der Waals surface area contributed by atoms with Crippen LogP contribution >= 0.6 is 31.9 Å². The number of nitrogens with zero attached hydrogens (tertiary/aromatic N) is 1. The highest BCUT2D eigenvalue weighted by Gasteiger charge is 2.03. The highest BCUT2D eigenvalue weighted by Crippen LogP contribution is 2.08. The highest BCUT2D eigenvalue weighted by molar-refractivity contribution is 9.09. The normalized spacial score (nSPS) is 10.0. The van der Waals surface area contributed by atoms with Gasteiger partial charge in [0.1, 0.15) is 18.1 Å². The molecule has 2 aromatic rings. The Morgan fingerprint density at radius 3 is 1.61 bits per heavy atom. The van der Waals surface area contributed by atoms with Crippen LogP contribution < -0.4 is 14.8 Å². The van der Waals surface area contributed by atoms with E-state index in [0.717, 1.165) is 41.9 Å². The lowest BCUT2D eigenvalue weighted by Gasteiger charge is -2.20. The predicted molar refractivity (Wildman–Crippen MR) is 144 cm³/mol. The monoisotopic (exact) mass is 594 g/mol. The Morgan fingerprint density at radius 2 is 1.18 bits per heavy atom. The molecule has 0 saturated heterocycles. The van der Waals surface area contributed by atoms with E-state index in [1.54, 1.807) is 0 Å². The van der Waals surface area contributed by atoms with E-state index in [2.05, 4.69) is 42.1 Å². The fourth-order valence-corrected chi connectivity index (χ4v) is 3.03. The summed E-state index contributed by atoms with van der Waals surface area (Å²) in [7, 11) is 0. The summed E-state index contributed by atoms with van der Waals surface area (Å²) < 4.78 is 10.9. The van der Waals surface area contributed by atoms with Crippen molar-refractivity contribution in [2.45, 2.75) is 0 Å². The first-order valence-corrected chi connectivity index (χ1v) is 13.2. The van der Waals surface area contributed by atoms with Gasteiger partial charge in [0.2, 0.25) is 0 Å². The third-order valence-corrected chi connectivity index (χ3v) is 4.58. The third-order valence-electron chi connectivity index (χ3n) is 3.90. The minimum Gasteiger partial charge on any atom is -0.493 e. The van der Waals surface area contributed by atoms with Gasteiger partial charge < -0.3 is 30.1 Å². The maximum Gasteiger partial charge on any atom is 0.119 e. The maximum atomic E-state index is 8.88. The van der Waals surface area contributed by atoms with Gasteiger partial charge in [-0.15, -0.1) is 0 Å². The van der Waals surface area contributed by atoms with Gasteiger partial charge in [0, 0.05) is 44.8 Å². The maximum absolute atomic E-state index is 8.88. The molecule has 0 heterocycles. The average Bonchev–Trinajstić information content (AvgIpc) is 2.85. The van der Waals surface area contributed by atoms with Crippen LogP contribution in [0.3, 0.4) is 0 Å². The molecule has 2 rings (SSSR count). The van der Waals surface area contributed by atoms with Gasteiger partial charge in [0.05, 0.1) is 26.4 Å². The first-order valence-electron chi connectivity index (χ1n) is 10.9. The molecule has 7 nitrogen and oxygen atoms in total. The van der Waals surface area contributed by atoms with E-state index in [1.165, 1.54) is 0 Å². The number of nitrogens with one attached hydrogen (secondary N) is 1. The molecule has 4 N–H and O–H groups in total. The zero-order chi connectivity index (χ0) is 24.4. The molecule has 0 spiro atoms. The van der Waals surface area contributed by atoms with Gasteiger partial charge in [-0.3, -0.25) is 4.90 Å². The second kappa shape index (κ2) is 25.4. The van der Waals surface area contributed by atoms with Crippen LogP contribution in [0, 0.1) is 0 Å². The molecule has 0 atom stereocenters. The Balaban J connectivity index is 0. The summed E-state index contributed by atoms with van der Waals surface area (Å²) in [4.78, 5) is 2.16. The smallest absolute Gasteiger partial charge is 0.119 e. The Kier molecular flexibility index (Phi) is 24.5. The van der Waals surface area contributed by atoms with Crippen molar-refractivity contribution in [2.24, 2.45) is 0 Å². The lowest BCUT2D eigenvalue weighted by molar-refractivity contribution is 0.175. The molecule has 0 bridgehead atoms. The van der Waals surface area contributed by atoms with Crippen molar-refractivity contribution in [3.05, 3.63) is 60.7 Å². The van der Waals surface area contributed by atoms with Gasteiger partial charge in [-0.2, -0.15) is 0 Å². The third kappa shape index (κ3) is 21.1. The molecule has 0 fully saturated rings. The van der Waals surface area contributed by atoms with Crippen molar-refractivity contribution in [1.82, 2.24) is 10.2 Å². The minimum absolute atomic E-state index is 0. The van der Waals surface area contributed by atoms with Gasteiger partial charge in [-0.05, 0) is 24.3 Å². The number of ether oxygens (including phenoxy) is 2. The molecule has 9 heteroatoms. The Hall–Kier alpha value is -1.20. The summed E-state index contributed by atoms with van der Waals surface area (Å²) in [5, 5.41) is 29.8. The Bertz CT molecular complexity index is 623. The number of hydrogen-bond acceptors (Lipinski definition) is 7. The minimum atomic E-state index is 0. The standard InChI is InChI=1S/C12H18BrNO2.C8H9BrO.C4H11NO2.H2/c13-6-7-14(8-10-15)9-11-16-12-4-2-1-3-5-12;9-6-7-10-8-4-2-1-3-5-8;6-3-1-5-2-4-7;/h1-5,15H,6-11H2;1-5H,6-7H2;5-7H,1-4H2;1H. The van der Waals surface area contributed by atoms with Crippen molar-refractivity contribution >= 4 is 31.9 Å². The van der Waals surface area contributed by atoms with Crippen LogP contribution in [-0.4, -0.2) is 96.6 Å². The molecule has 0 aliphatic rings. The van der Waals surface area contributed by atoms with Gasteiger partial charge in [-0.1, -0.05) is 68.3 Å². The largest absolute Gasteiger partial charge is 0.493 e. The summed E-state index contributed by atoms with van der Waals surface area (Å²) in [6.07, 6.45) is 0. The van der Waals surface area contributed by atoms with Gasteiger partial charge >= 0.3 is 0 Å². The SMILES string of the molecule is BrCCOc1ccccc1.OCCN(CCBr)CCOc1ccccc1.OCCNCCO.[HH]. The first kappa shape index (κ1) is 31.8. The average molecular weight is 596 g/mol. The van der Waals surface area contributed by atoms with E-state index in [1.807, 2.05) is 60.7 Å². The van der Waals surface area contributed by atoms with Crippen LogP contribution in [0.2, 0.25) is 0 Å². The van der Waals surface area contributed by atoms with Crippen molar-refractivity contribution in [3.63, 3.8) is 0 Å². The molecule has 0 aliphatic carbocycles. The van der Waals surface area contributed by atoms with Crippen molar-refractivity contribution in [2.75, 3.05) is 76.4 Å². The quantitative estimate of drug-likeness (QED) is 0.186. The number of aliphatic hydroxyl groups excluding tert-OH is 3. The molecule has 0 saturated carbocycles. The van der Waals surface area contributed by atoms with Gasteiger partial charge in [-0.25, -0.2) is 0 Å². The number of rotatable bonds is 15. The molecule has 0 aliphatic heterocycles. The zero-order valence-corrected chi connectivity index (χ0v) is 22.3. The highest BCUT2D eigenvalue weighted by atomic mass is 79.9. The summed E-state index contributed by atoms with van der Waals surface area (Å²) in [6.45, 7) is 5.45. The second-order valence-electron chi connectivity index (χ2n) is 6.46.